The van der Waals surface area contributed by atoms with Crippen molar-refractivity contribution in [2.45, 2.75) is 37.7 Å². The molecule has 1 aromatic carbocycles. The lowest BCUT2D eigenvalue weighted by atomic mass is 9.98. The van der Waals surface area contributed by atoms with Crippen molar-refractivity contribution >= 4 is 29.3 Å². The second-order valence-corrected chi connectivity index (χ2v) is 7.39. The van der Waals surface area contributed by atoms with Crippen molar-refractivity contribution in [1.82, 2.24) is 0 Å². The van der Waals surface area contributed by atoms with Gasteiger partial charge in [0.1, 0.15) is 0 Å². The lowest BCUT2D eigenvalue weighted by molar-refractivity contribution is 0.0987. The van der Waals surface area contributed by atoms with Gasteiger partial charge in [-0.2, -0.15) is 11.8 Å². The Morgan fingerprint density at radius 1 is 1.28 bits per heavy atom. The normalized spacial score (nSPS) is 23.9. The Kier molecular flexibility index (Phi) is 4.79. The van der Waals surface area contributed by atoms with Crippen LogP contribution in [0.5, 0.6) is 0 Å². The number of carbonyl (C=O) groups is 1. The predicted octanol–water partition coefficient (Wildman–Crippen LogP) is 4.11. The summed E-state index contributed by atoms with van der Waals surface area (Å²) in [7, 11) is 0. The molecule has 1 aliphatic rings. The number of Topliss-reactive ketones (excluding diaryl/α,β-unsaturated/α-hetero) is 1. The number of carbonyl (C=O) groups excluding carboxylic acids is 1. The molecule has 0 N–H and O–H groups in total. The van der Waals surface area contributed by atoms with E-state index in [1.165, 1.54) is 11.3 Å². The molecule has 1 aliphatic heterocycles. The highest BCUT2D eigenvalue weighted by molar-refractivity contribution is 8.07. The minimum Gasteiger partial charge on any atom is -0.293 e. The van der Waals surface area contributed by atoms with E-state index in [-0.39, 0.29) is 5.25 Å². The first kappa shape index (κ1) is 14.0. The Balaban J connectivity index is 2.24. The van der Waals surface area contributed by atoms with Crippen molar-refractivity contribution in [3.8, 4) is 0 Å². The summed E-state index contributed by atoms with van der Waals surface area (Å²) in [5.74, 6) is 2.61. The molecule has 0 saturated carbocycles. The van der Waals surface area contributed by atoms with Gasteiger partial charge in [0.2, 0.25) is 0 Å². The smallest absolute Gasteiger partial charge is 0.177 e. The minimum atomic E-state index is 0.148. The SMILES string of the molecule is CCC1SCCSC1C(=O)c1ccc(C)cc1C. The van der Waals surface area contributed by atoms with Crippen LogP contribution in [0.2, 0.25) is 0 Å². The van der Waals surface area contributed by atoms with E-state index in [2.05, 4.69) is 19.9 Å². The summed E-state index contributed by atoms with van der Waals surface area (Å²) in [5.41, 5.74) is 3.26. The average molecular weight is 280 g/mol. The van der Waals surface area contributed by atoms with Gasteiger partial charge in [-0.05, 0) is 25.8 Å². The van der Waals surface area contributed by atoms with Gasteiger partial charge in [-0.1, -0.05) is 30.7 Å². The summed E-state index contributed by atoms with van der Waals surface area (Å²) in [6, 6.07) is 6.15. The molecule has 2 unspecified atom stereocenters. The van der Waals surface area contributed by atoms with Gasteiger partial charge >= 0.3 is 0 Å². The fourth-order valence-electron chi connectivity index (χ4n) is 2.39. The first-order chi connectivity index (χ1) is 8.63. The molecule has 1 heterocycles. The van der Waals surface area contributed by atoms with Gasteiger partial charge in [0.15, 0.2) is 5.78 Å². The van der Waals surface area contributed by atoms with Crippen molar-refractivity contribution in [1.29, 1.82) is 0 Å². The van der Waals surface area contributed by atoms with Crippen LogP contribution in [-0.4, -0.2) is 27.8 Å². The molecule has 0 bridgehead atoms. The third-order valence-electron chi connectivity index (χ3n) is 3.36. The van der Waals surface area contributed by atoms with Crippen molar-refractivity contribution in [3.63, 3.8) is 0 Å². The van der Waals surface area contributed by atoms with Gasteiger partial charge in [-0.25, -0.2) is 0 Å². The van der Waals surface area contributed by atoms with Crippen molar-refractivity contribution in [2.75, 3.05) is 11.5 Å². The van der Waals surface area contributed by atoms with Crippen LogP contribution in [0.25, 0.3) is 0 Å². The van der Waals surface area contributed by atoms with Crippen LogP contribution in [0, 0.1) is 13.8 Å². The summed E-state index contributed by atoms with van der Waals surface area (Å²) in [6.45, 7) is 6.30. The quantitative estimate of drug-likeness (QED) is 0.776. The molecule has 2 rings (SSSR count). The Morgan fingerprint density at radius 2 is 2.00 bits per heavy atom. The molecule has 3 heteroatoms. The molecule has 0 amide bonds. The zero-order valence-corrected chi connectivity index (χ0v) is 12.9. The Bertz CT molecular complexity index is 442. The molecule has 1 aromatic rings. The topological polar surface area (TPSA) is 17.1 Å². The second-order valence-electron chi connectivity index (χ2n) is 4.79. The van der Waals surface area contributed by atoms with Crippen molar-refractivity contribution < 1.29 is 4.79 Å². The van der Waals surface area contributed by atoms with E-state index in [0.29, 0.717) is 11.0 Å². The van der Waals surface area contributed by atoms with Crippen LogP contribution in [-0.2, 0) is 0 Å². The van der Waals surface area contributed by atoms with Gasteiger partial charge in [0.05, 0.1) is 5.25 Å². The molecule has 0 radical (unpaired) electrons. The number of ketones is 1. The lowest BCUT2D eigenvalue weighted by Gasteiger charge is -2.29. The zero-order chi connectivity index (χ0) is 13.1. The first-order valence-corrected chi connectivity index (χ1v) is 8.58. The van der Waals surface area contributed by atoms with Crippen molar-refractivity contribution in [3.05, 3.63) is 34.9 Å². The number of hydrogen-bond donors (Lipinski definition) is 0. The van der Waals surface area contributed by atoms with Gasteiger partial charge in [-0.15, -0.1) is 11.8 Å². The predicted molar refractivity (Wildman–Crippen MR) is 83.0 cm³/mol. The van der Waals surface area contributed by atoms with Gasteiger partial charge in [0.25, 0.3) is 0 Å². The molecule has 2 atom stereocenters. The third kappa shape index (κ3) is 2.94. The molecule has 98 valence electrons. The molecular weight excluding hydrogens is 260 g/mol. The van der Waals surface area contributed by atoms with Crippen LogP contribution in [0.15, 0.2) is 18.2 Å². The van der Waals surface area contributed by atoms with Crippen LogP contribution in [0.1, 0.15) is 34.8 Å². The molecule has 0 aliphatic carbocycles. The molecular formula is C15H20OS2. The van der Waals surface area contributed by atoms with Gasteiger partial charge in [-0.3, -0.25) is 4.79 Å². The molecule has 18 heavy (non-hydrogen) atoms. The van der Waals surface area contributed by atoms with Crippen LogP contribution >= 0.6 is 23.5 Å². The second kappa shape index (κ2) is 6.16. The molecule has 0 spiro atoms. The summed E-state index contributed by atoms with van der Waals surface area (Å²) in [5, 5.41) is 0.632. The molecule has 0 aromatic heterocycles. The summed E-state index contributed by atoms with van der Waals surface area (Å²) < 4.78 is 0. The highest BCUT2D eigenvalue weighted by Gasteiger charge is 2.32. The van der Waals surface area contributed by atoms with Crippen LogP contribution in [0.4, 0.5) is 0 Å². The molecule has 1 fully saturated rings. The summed E-state index contributed by atoms with van der Waals surface area (Å²) >= 11 is 3.80. The standard InChI is InChI=1S/C15H20OS2/c1-4-13-15(18-8-7-17-13)14(16)12-6-5-10(2)9-11(12)3/h5-6,9,13,15H,4,7-8H2,1-3H3. The largest absolute Gasteiger partial charge is 0.293 e. The Labute approximate surface area is 118 Å². The van der Waals surface area contributed by atoms with E-state index in [9.17, 15) is 4.79 Å². The van der Waals surface area contributed by atoms with Gasteiger partial charge < -0.3 is 0 Å². The fourth-order valence-corrected chi connectivity index (χ4v) is 5.41. The highest BCUT2D eigenvalue weighted by Crippen LogP contribution is 2.35. The molecule has 1 saturated heterocycles. The van der Waals surface area contributed by atoms with E-state index >= 15 is 0 Å². The number of benzene rings is 1. The Hall–Kier alpha value is -0.410. The maximum atomic E-state index is 12.7. The highest BCUT2D eigenvalue weighted by atomic mass is 32.2. The fraction of sp³-hybridized carbons (Fsp3) is 0.533. The summed E-state index contributed by atoms with van der Waals surface area (Å²) in [6.07, 6.45) is 1.08. The van der Waals surface area contributed by atoms with Crippen LogP contribution in [0.3, 0.4) is 0 Å². The lowest BCUT2D eigenvalue weighted by Crippen LogP contribution is -2.33. The van der Waals surface area contributed by atoms with Crippen LogP contribution < -0.4 is 0 Å². The van der Waals surface area contributed by atoms with Gasteiger partial charge in [0, 0.05) is 22.3 Å². The van der Waals surface area contributed by atoms with E-state index in [0.717, 1.165) is 23.3 Å². The van der Waals surface area contributed by atoms with E-state index < -0.39 is 0 Å². The monoisotopic (exact) mass is 280 g/mol. The Morgan fingerprint density at radius 3 is 2.67 bits per heavy atom. The van der Waals surface area contributed by atoms with E-state index in [1.807, 2.05) is 42.6 Å². The number of thioether (sulfide) groups is 2. The van der Waals surface area contributed by atoms with E-state index in [4.69, 9.17) is 0 Å². The summed E-state index contributed by atoms with van der Waals surface area (Å²) in [4.78, 5) is 12.7. The maximum absolute atomic E-state index is 12.7. The number of hydrogen-bond acceptors (Lipinski definition) is 3. The first-order valence-electron chi connectivity index (χ1n) is 6.48. The van der Waals surface area contributed by atoms with Crippen molar-refractivity contribution in [2.24, 2.45) is 0 Å². The number of aryl methyl sites for hydroxylation is 2. The molecule has 1 nitrogen and oxygen atoms in total. The minimum absolute atomic E-state index is 0.148. The average Bonchev–Trinajstić information content (AvgIpc) is 2.38. The third-order valence-corrected chi connectivity index (χ3v) is 6.60. The van der Waals surface area contributed by atoms with E-state index in [1.54, 1.807) is 0 Å². The number of rotatable bonds is 3. The maximum Gasteiger partial charge on any atom is 0.177 e. The zero-order valence-electron chi connectivity index (χ0n) is 11.2.